The van der Waals surface area contributed by atoms with Crippen LogP contribution in [-0.4, -0.2) is 54.8 Å². The van der Waals surface area contributed by atoms with Crippen LogP contribution in [0.4, 0.5) is 13.2 Å². The molecule has 2 aliphatic rings. The van der Waals surface area contributed by atoms with Crippen LogP contribution in [0.15, 0.2) is 53.8 Å². The van der Waals surface area contributed by atoms with Crippen molar-refractivity contribution in [3.8, 4) is 11.1 Å². The van der Waals surface area contributed by atoms with Crippen molar-refractivity contribution in [3.05, 3.63) is 81.9 Å². The maximum atomic E-state index is 14.1. The first-order valence-electron chi connectivity index (χ1n) is 13.5. The molecule has 6 rings (SSSR count). The predicted octanol–water partition coefficient (Wildman–Crippen LogP) is 4.45. The molecule has 0 bridgehead atoms. The minimum atomic E-state index is -4.66. The lowest BCUT2D eigenvalue weighted by Crippen LogP contribution is -2.43. The van der Waals surface area contributed by atoms with Gasteiger partial charge in [0, 0.05) is 39.1 Å². The number of aromatic nitrogens is 5. The Morgan fingerprint density at radius 1 is 1.18 bits per heavy atom. The molecule has 1 aromatic carbocycles. The van der Waals surface area contributed by atoms with Gasteiger partial charge >= 0.3 is 6.18 Å². The molecule has 11 heteroatoms. The average Bonchev–Trinajstić information content (AvgIpc) is 3.32. The molecule has 4 aromatic rings. The van der Waals surface area contributed by atoms with Crippen LogP contribution in [0.3, 0.4) is 0 Å². The third-order valence-electron chi connectivity index (χ3n) is 8.16. The zero-order valence-corrected chi connectivity index (χ0v) is 22.6. The van der Waals surface area contributed by atoms with Gasteiger partial charge in [-0.2, -0.15) is 13.2 Å². The molecule has 40 heavy (non-hydrogen) atoms. The van der Waals surface area contributed by atoms with Gasteiger partial charge < -0.3 is 9.30 Å². The summed E-state index contributed by atoms with van der Waals surface area (Å²) in [6.07, 6.45) is 1.52. The van der Waals surface area contributed by atoms with Crippen molar-refractivity contribution in [2.75, 3.05) is 19.7 Å². The Morgan fingerprint density at radius 2 is 1.98 bits per heavy atom. The second-order valence-corrected chi connectivity index (χ2v) is 11.3. The Labute approximate surface area is 229 Å². The van der Waals surface area contributed by atoms with Crippen LogP contribution in [0.1, 0.15) is 49.2 Å². The number of morpholine rings is 1. The van der Waals surface area contributed by atoms with Crippen molar-refractivity contribution in [2.45, 2.75) is 50.9 Å². The van der Waals surface area contributed by atoms with Crippen molar-refractivity contribution in [3.63, 3.8) is 0 Å². The molecule has 0 N–H and O–H groups in total. The molecule has 1 aliphatic carbocycles. The quantitative estimate of drug-likeness (QED) is 0.364. The van der Waals surface area contributed by atoms with Gasteiger partial charge in [0.15, 0.2) is 5.65 Å². The van der Waals surface area contributed by atoms with E-state index in [2.05, 4.69) is 22.1 Å². The third-order valence-corrected chi connectivity index (χ3v) is 8.16. The van der Waals surface area contributed by atoms with Gasteiger partial charge in [0.2, 0.25) is 0 Å². The third kappa shape index (κ3) is 4.60. The van der Waals surface area contributed by atoms with E-state index in [0.717, 1.165) is 34.7 Å². The van der Waals surface area contributed by atoms with E-state index in [0.29, 0.717) is 36.7 Å². The number of ether oxygens (including phenoxy) is 1. The normalized spacial score (nSPS) is 23.9. The topological polar surface area (TPSA) is 77.6 Å². The number of alkyl halides is 3. The van der Waals surface area contributed by atoms with Crippen molar-refractivity contribution in [1.82, 2.24) is 29.0 Å². The van der Waals surface area contributed by atoms with Crippen LogP contribution < -0.4 is 5.56 Å². The molecular formula is C29H31F3N6O2. The number of pyridine rings is 1. The monoisotopic (exact) mass is 552 g/mol. The highest BCUT2D eigenvalue weighted by Gasteiger charge is 2.48. The van der Waals surface area contributed by atoms with Crippen molar-refractivity contribution >= 4 is 5.65 Å². The van der Waals surface area contributed by atoms with Crippen LogP contribution in [0, 0.1) is 5.92 Å². The van der Waals surface area contributed by atoms with E-state index >= 15 is 0 Å². The molecule has 3 aromatic heterocycles. The Bertz CT molecular complexity index is 1620. The number of aryl methyl sites for hydroxylation is 1. The van der Waals surface area contributed by atoms with Gasteiger partial charge in [-0.25, -0.2) is 4.98 Å². The first kappa shape index (κ1) is 26.6. The summed E-state index contributed by atoms with van der Waals surface area (Å²) in [5.41, 5.74) is 0.0280. The summed E-state index contributed by atoms with van der Waals surface area (Å²) in [6.45, 7) is 6.11. The maximum absolute atomic E-state index is 14.1. The first-order chi connectivity index (χ1) is 19.0. The van der Waals surface area contributed by atoms with Gasteiger partial charge in [0.1, 0.15) is 12.2 Å². The van der Waals surface area contributed by atoms with E-state index in [-0.39, 0.29) is 23.6 Å². The van der Waals surface area contributed by atoms with Crippen LogP contribution >= 0.6 is 0 Å². The highest BCUT2D eigenvalue weighted by Crippen LogP contribution is 2.51. The van der Waals surface area contributed by atoms with E-state index in [1.165, 1.54) is 12.4 Å². The number of rotatable bonds is 5. The Hall–Kier alpha value is -3.57. The van der Waals surface area contributed by atoms with E-state index in [1.54, 1.807) is 12.4 Å². The molecular weight excluding hydrogens is 521 g/mol. The van der Waals surface area contributed by atoms with E-state index < -0.39 is 22.9 Å². The number of fused-ring (bicyclic) bond motifs is 1. The average molecular weight is 553 g/mol. The molecule has 0 unspecified atom stereocenters. The molecule has 0 amide bonds. The highest BCUT2D eigenvalue weighted by molar-refractivity contribution is 5.66. The van der Waals surface area contributed by atoms with Crippen LogP contribution in [0.5, 0.6) is 0 Å². The smallest absolute Gasteiger partial charge is 0.376 e. The van der Waals surface area contributed by atoms with Crippen LogP contribution in [0.25, 0.3) is 16.8 Å². The second-order valence-electron chi connectivity index (χ2n) is 11.3. The highest BCUT2D eigenvalue weighted by atomic mass is 19.4. The van der Waals surface area contributed by atoms with E-state index in [9.17, 15) is 18.0 Å². The second kappa shape index (κ2) is 9.81. The zero-order chi connectivity index (χ0) is 28.2. The van der Waals surface area contributed by atoms with Crippen LogP contribution in [0.2, 0.25) is 0 Å². The molecule has 0 radical (unpaired) electrons. The molecule has 1 atom stereocenters. The Kier molecular flexibility index (Phi) is 6.53. The summed E-state index contributed by atoms with van der Waals surface area (Å²) in [7, 11) is 1.91. The zero-order valence-electron chi connectivity index (χ0n) is 22.6. The van der Waals surface area contributed by atoms with Gasteiger partial charge in [-0.15, -0.1) is 10.2 Å². The Balaban J connectivity index is 1.45. The largest absolute Gasteiger partial charge is 0.419 e. The number of hydrogen-bond donors (Lipinski definition) is 0. The summed E-state index contributed by atoms with van der Waals surface area (Å²) in [5.74, 6) is 1.36. The summed E-state index contributed by atoms with van der Waals surface area (Å²) in [4.78, 5) is 20.0. The lowest BCUT2D eigenvalue weighted by molar-refractivity contribution is -0.136. The number of halogens is 3. The molecule has 4 heterocycles. The van der Waals surface area contributed by atoms with Gasteiger partial charge in [0.05, 0.1) is 29.3 Å². The van der Waals surface area contributed by atoms with Gasteiger partial charge in [-0.3, -0.25) is 14.1 Å². The lowest BCUT2D eigenvalue weighted by Gasteiger charge is -2.46. The van der Waals surface area contributed by atoms with Crippen LogP contribution in [-0.2, 0) is 29.9 Å². The molecule has 1 saturated carbocycles. The number of nitrogens with zero attached hydrogens (tertiary/aromatic N) is 6. The SMILES string of the molecule is CC1CC(c2cccc(-c3cnc4c(C(F)(F)F)cc(CN5CCO[C@H](C)C5)cn4c3=O)c2)(c2nncn2C)C1. The van der Waals surface area contributed by atoms with E-state index in [1.807, 2.05) is 41.6 Å². The standard InChI is InChI=1S/C29H31F3N6O2/c1-18-11-28(12-18,27-35-34-17-36(27)3)22-6-4-5-21(10-22)23-13-33-25-24(29(30,31)32)9-20(16-38(25)26(23)39)15-37-7-8-40-19(2)14-37/h4-6,9-10,13,16-19H,7-8,11-12,14-15H2,1-3H3/t18?,19-,28?/m1/s1. The number of hydrogen-bond acceptors (Lipinski definition) is 6. The summed E-state index contributed by atoms with van der Waals surface area (Å²) in [5, 5.41) is 8.47. The number of benzene rings is 1. The molecule has 210 valence electrons. The summed E-state index contributed by atoms with van der Waals surface area (Å²) in [6, 6.07) is 8.72. The minimum absolute atomic E-state index is 0.0111. The van der Waals surface area contributed by atoms with Gasteiger partial charge in [-0.1, -0.05) is 25.1 Å². The fraction of sp³-hybridized carbons (Fsp3) is 0.448. The molecule has 1 saturated heterocycles. The predicted molar refractivity (Wildman–Crippen MR) is 143 cm³/mol. The Morgan fingerprint density at radius 3 is 2.65 bits per heavy atom. The fourth-order valence-corrected chi connectivity index (χ4v) is 6.40. The lowest BCUT2D eigenvalue weighted by atomic mass is 9.58. The van der Waals surface area contributed by atoms with Crippen molar-refractivity contribution in [1.29, 1.82) is 0 Å². The van der Waals surface area contributed by atoms with Gasteiger partial charge in [0.25, 0.3) is 5.56 Å². The summed E-state index contributed by atoms with van der Waals surface area (Å²) < 4.78 is 50.9. The minimum Gasteiger partial charge on any atom is -0.376 e. The molecule has 0 spiro atoms. The van der Waals surface area contributed by atoms with Crippen molar-refractivity contribution < 1.29 is 17.9 Å². The summed E-state index contributed by atoms with van der Waals surface area (Å²) >= 11 is 0. The fourth-order valence-electron chi connectivity index (χ4n) is 6.40. The molecule has 2 fully saturated rings. The molecule has 1 aliphatic heterocycles. The first-order valence-corrected chi connectivity index (χ1v) is 13.5. The van der Waals surface area contributed by atoms with E-state index in [4.69, 9.17) is 4.74 Å². The molecule has 8 nitrogen and oxygen atoms in total. The maximum Gasteiger partial charge on any atom is 0.419 e. The van der Waals surface area contributed by atoms with Crippen molar-refractivity contribution in [2.24, 2.45) is 13.0 Å². The van der Waals surface area contributed by atoms with Gasteiger partial charge in [-0.05, 0) is 54.5 Å².